The van der Waals surface area contributed by atoms with E-state index in [1.54, 1.807) is 6.07 Å². The minimum atomic E-state index is -0.397. The van der Waals surface area contributed by atoms with Crippen molar-refractivity contribution >= 4 is 22.3 Å². The first-order valence-electron chi connectivity index (χ1n) is 7.04. The van der Waals surface area contributed by atoms with Gasteiger partial charge >= 0.3 is 0 Å². The highest BCUT2D eigenvalue weighted by molar-refractivity contribution is 5.97. The maximum Gasteiger partial charge on any atom is 0.295 e. The lowest BCUT2D eigenvalue weighted by molar-refractivity contribution is -0.383. The zero-order valence-electron chi connectivity index (χ0n) is 11.8. The number of aryl methyl sites for hydroxylation is 1. The molecule has 2 heterocycles. The van der Waals surface area contributed by atoms with Crippen LogP contribution in [-0.2, 0) is 0 Å². The van der Waals surface area contributed by atoms with Crippen molar-refractivity contribution in [1.29, 1.82) is 0 Å². The predicted molar refractivity (Wildman–Crippen MR) is 80.6 cm³/mol. The van der Waals surface area contributed by atoms with E-state index in [0.717, 1.165) is 36.2 Å². The van der Waals surface area contributed by atoms with Crippen LogP contribution >= 0.6 is 0 Å². The lowest BCUT2D eigenvalue weighted by Crippen LogP contribution is -2.32. The third-order valence-corrected chi connectivity index (χ3v) is 4.02. The second-order valence-electron chi connectivity index (χ2n) is 5.39. The first-order chi connectivity index (χ1) is 10.1. The summed E-state index contributed by atoms with van der Waals surface area (Å²) in [5, 5.41) is 21.5. The quantitative estimate of drug-likeness (QED) is 0.692. The SMILES string of the molecule is Cc1cc(N2CCC[C@@H]2CO)c2cccc([N+](=O)[O-])c2n1. The molecule has 0 spiro atoms. The van der Waals surface area contributed by atoms with Crippen LogP contribution in [0.25, 0.3) is 10.9 Å². The molecule has 1 aliphatic heterocycles. The van der Waals surface area contributed by atoms with Gasteiger partial charge in [0.15, 0.2) is 5.52 Å². The lowest BCUT2D eigenvalue weighted by Gasteiger charge is -2.26. The van der Waals surface area contributed by atoms with Gasteiger partial charge < -0.3 is 10.0 Å². The molecule has 1 N–H and O–H groups in total. The number of nitrogens with zero attached hydrogens (tertiary/aromatic N) is 3. The van der Waals surface area contributed by atoms with Crippen LogP contribution in [0.1, 0.15) is 18.5 Å². The number of rotatable bonds is 3. The zero-order chi connectivity index (χ0) is 15.0. The van der Waals surface area contributed by atoms with E-state index in [0.29, 0.717) is 5.52 Å². The van der Waals surface area contributed by atoms with E-state index in [2.05, 4.69) is 9.88 Å². The molecule has 0 radical (unpaired) electrons. The van der Waals surface area contributed by atoms with Gasteiger partial charge in [-0.15, -0.1) is 0 Å². The van der Waals surface area contributed by atoms with Crippen LogP contribution in [0.5, 0.6) is 0 Å². The third-order valence-electron chi connectivity index (χ3n) is 4.02. The second-order valence-corrected chi connectivity index (χ2v) is 5.39. The molecule has 1 atom stereocenters. The van der Waals surface area contributed by atoms with E-state index < -0.39 is 4.92 Å². The molecule has 1 aromatic carbocycles. The normalized spacial score (nSPS) is 18.4. The molecule has 0 unspecified atom stereocenters. The summed E-state index contributed by atoms with van der Waals surface area (Å²) in [5.74, 6) is 0. The first kappa shape index (κ1) is 13.8. The van der Waals surface area contributed by atoms with Gasteiger partial charge in [-0.05, 0) is 25.8 Å². The number of pyridine rings is 1. The molecule has 0 bridgehead atoms. The van der Waals surface area contributed by atoms with Crippen molar-refractivity contribution in [3.05, 3.63) is 40.1 Å². The summed E-state index contributed by atoms with van der Waals surface area (Å²) in [4.78, 5) is 17.3. The Morgan fingerprint density at radius 3 is 3.05 bits per heavy atom. The van der Waals surface area contributed by atoms with Crippen LogP contribution in [0.3, 0.4) is 0 Å². The number of benzene rings is 1. The summed E-state index contributed by atoms with van der Waals surface area (Å²) in [6.45, 7) is 2.79. The monoisotopic (exact) mass is 287 g/mol. The van der Waals surface area contributed by atoms with Crippen molar-refractivity contribution in [2.45, 2.75) is 25.8 Å². The van der Waals surface area contributed by atoms with Gasteiger partial charge in [-0.2, -0.15) is 0 Å². The minimum absolute atomic E-state index is 0.0252. The average Bonchev–Trinajstić information content (AvgIpc) is 2.93. The van der Waals surface area contributed by atoms with E-state index in [1.807, 2.05) is 19.1 Å². The maximum atomic E-state index is 11.2. The standard InChI is InChI=1S/C15H17N3O3/c1-10-8-14(17-7-3-4-11(17)9-19)12-5-2-6-13(18(20)21)15(12)16-10/h2,5-6,8,11,19H,3-4,7,9H2,1H3/t11-/m1/s1. The van der Waals surface area contributed by atoms with Gasteiger partial charge in [0, 0.05) is 29.4 Å². The van der Waals surface area contributed by atoms with Crippen molar-refractivity contribution in [2.75, 3.05) is 18.1 Å². The molecule has 110 valence electrons. The van der Waals surface area contributed by atoms with Crippen molar-refractivity contribution in [3.8, 4) is 0 Å². The molecule has 0 saturated carbocycles. The number of hydrogen-bond acceptors (Lipinski definition) is 5. The van der Waals surface area contributed by atoms with Crippen LogP contribution in [-0.4, -0.2) is 34.2 Å². The number of nitro groups is 1. The van der Waals surface area contributed by atoms with E-state index in [1.165, 1.54) is 6.07 Å². The molecule has 2 aromatic rings. The van der Waals surface area contributed by atoms with Crippen molar-refractivity contribution in [1.82, 2.24) is 4.98 Å². The number of anilines is 1. The number of aliphatic hydroxyl groups excluding tert-OH is 1. The highest BCUT2D eigenvalue weighted by Gasteiger charge is 2.27. The molecule has 6 heteroatoms. The molecule has 1 fully saturated rings. The Balaban J connectivity index is 2.23. The topological polar surface area (TPSA) is 79.5 Å². The smallest absolute Gasteiger partial charge is 0.295 e. The summed E-state index contributed by atoms with van der Waals surface area (Å²) in [6, 6.07) is 7.04. The van der Waals surface area contributed by atoms with Gasteiger partial charge in [0.05, 0.1) is 17.6 Å². The molecule has 1 saturated heterocycles. The lowest BCUT2D eigenvalue weighted by atomic mass is 10.1. The number of non-ortho nitro benzene ring substituents is 1. The van der Waals surface area contributed by atoms with Gasteiger partial charge in [0.2, 0.25) is 0 Å². The molecule has 3 rings (SSSR count). The Hall–Kier alpha value is -2.21. The van der Waals surface area contributed by atoms with Gasteiger partial charge in [0.1, 0.15) is 0 Å². The van der Waals surface area contributed by atoms with Crippen LogP contribution in [0.2, 0.25) is 0 Å². The zero-order valence-corrected chi connectivity index (χ0v) is 11.8. The molecular formula is C15H17N3O3. The maximum absolute atomic E-state index is 11.2. The number of nitro benzene ring substituents is 1. The summed E-state index contributed by atoms with van der Waals surface area (Å²) in [6.07, 6.45) is 1.96. The van der Waals surface area contributed by atoms with E-state index in [-0.39, 0.29) is 18.3 Å². The van der Waals surface area contributed by atoms with Crippen LogP contribution < -0.4 is 4.90 Å². The average molecular weight is 287 g/mol. The largest absolute Gasteiger partial charge is 0.394 e. The fourth-order valence-corrected chi connectivity index (χ4v) is 3.07. The first-order valence-corrected chi connectivity index (χ1v) is 7.04. The summed E-state index contributed by atoms with van der Waals surface area (Å²) in [5.41, 5.74) is 2.12. The van der Waals surface area contributed by atoms with Crippen LogP contribution in [0.4, 0.5) is 11.4 Å². The molecular weight excluding hydrogens is 270 g/mol. The highest BCUT2D eigenvalue weighted by atomic mass is 16.6. The Labute approximate surface area is 122 Å². The second kappa shape index (κ2) is 5.29. The molecule has 21 heavy (non-hydrogen) atoms. The summed E-state index contributed by atoms with van der Waals surface area (Å²) >= 11 is 0. The van der Waals surface area contributed by atoms with Crippen molar-refractivity contribution in [2.24, 2.45) is 0 Å². The number of fused-ring (bicyclic) bond motifs is 1. The molecule has 0 aliphatic carbocycles. The number of aromatic nitrogens is 1. The number of aliphatic hydroxyl groups is 1. The van der Waals surface area contributed by atoms with Gasteiger partial charge in [-0.1, -0.05) is 12.1 Å². The number of para-hydroxylation sites is 1. The minimum Gasteiger partial charge on any atom is -0.394 e. The predicted octanol–water partition coefficient (Wildman–Crippen LogP) is 2.41. The van der Waals surface area contributed by atoms with E-state index in [9.17, 15) is 15.2 Å². The highest BCUT2D eigenvalue weighted by Crippen LogP contribution is 2.35. The van der Waals surface area contributed by atoms with E-state index >= 15 is 0 Å². The van der Waals surface area contributed by atoms with Crippen molar-refractivity contribution < 1.29 is 10.0 Å². The molecule has 1 aromatic heterocycles. The fraction of sp³-hybridized carbons (Fsp3) is 0.400. The summed E-state index contributed by atoms with van der Waals surface area (Å²) < 4.78 is 0. The molecule has 1 aliphatic rings. The molecule has 6 nitrogen and oxygen atoms in total. The van der Waals surface area contributed by atoms with Crippen molar-refractivity contribution in [3.63, 3.8) is 0 Å². The third kappa shape index (κ3) is 2.31. The van der Waals surface area contributed by atoms with Gasteiger partial charge in [-0.25, -0.2) is 4.98 Å². The Morgan fingerprint density at radius 2 is 2.33 bits per heavy atom. The van der Waals surface area contributed by atoms with Crippen LogP contribution in [0.15, 0.2) is 24.3 Å². The van der Waals surface area contributed by atoms with Gasteiger partial charge in [-0.3, -0.25) is 10.1 Å². The Morgan fingerprint density at radius 1 is 1.52 bits per heavy atom. The van der Waals surface area contributed by atoms with Crippen LogP contribution in [0, 0.1) is 17.0 Å². The fourth-order valence-electron chi connectivity index (χ4n) is 3.07. The summed E-state index contributed by atoms with van der Waals surface area (Å²) in [7, 11) is 0. The molecule has 0 amide bonds. The Kier molecular flexibility index (Phi) is 3.47. The van der Waals surface area contributed by atoms with Gasteiger partial charge in [0.25, 0.3) is 5.69 Å². The van der Waals surface area contributed by atoms with E-state index in [4.69, 9.17) is 0 Å². The number of hydrogen-bond donors (Lipinski definition) is 1. The Bertz CT molecular complexity index is 702.